The van der Waals surface area contributed by atoms with Crippen LogP contribution in [0.2, 0.25) is 0 Å². The number of nitrogens with zero attached hydrogens (tertiary/aromatic N) is 2. The number of aliphatic hydroxyl groups excluding tert-OH is 1. The summed E-state index contributed by atoms with van der Waals surface area (Å²) in [7, 11) is 0. The van der Waals surface area contributed by atoms with Crippen molar-refractivity contribution in [3.05, 3.63) is 42.4 Å². The van der Waals surface area contributed by atoms with Crippen molar-refractivity contribution in [2.75, 3.05) is 0 Å². The van der Waals surface area contributed by atoms with Crippen LogP contribution in [0, 0.1) is 11.3 Å². The van der Waals surface area contributed by atoms with E-state index < -0.39 is 0 Å². The van der Waals surface area contributed by atoms with Crippen LogP contribution in [0.15, 0.2) is 36.8 Å². The molecule has 1 aliphatic heterocycles. The minimum atomic E-state index is -0.237. The van der Waals surface area contributed by atoms with Crippen molar-refractivity contribution in [2.45, 2.75) is 32.4 Å². The highest BCUT2D eigenvalue weighted by Crippen LogP contribution is 2.55. The first-order chi connectivity index (χ1) is 9.09. The number of hydrogen-bond acceptors (Lipinski definition) is 2. The maximum absolute atomic E-state index is 10.5. The molecule has 3 atom stereocenters. The zero-order valence-corrected chi connectivity index (χ0v) is 11.2. The molecule has 19 heavy (non-hydrogen) atoms. The fourth-order valence-corrected chi connectivity index (χ4v) is 3.85. The highest BCUT2D eigenvalue weighted by Gasteiger charge is 2.52. The second-order valence-corrected chi connectivity index (χ2v) is 6.52. The minimum absolute atomic E-state index is 0.0446. The Bertz CT molecular complexity index is 644. The fourth-order valence-electron chi connectivity index (χ4n) is 3.85. The molecular formula is C16H18N2O. The lowest BCUT2D eigenvalue weighted by Crippen LogP contribution is -2.51. The lowest BCUT2D eigenvalue weighted by Gasteiger charge is -2.51. The van der Waals surface area contributed by atoms with Crippen LogP contribution in [0.1, 0.15) is 31.9 Å². The maximum atomic E-state index is 10.5. The molecule has 1 aromatic heterocycles. The third-order valence-corrected chi connectivity index (χ3v) is 4.89. The number of aromatic nitrogens is 2. The van der Waals surface area contributed by atoms with E-state index in [0.29, 0.717) is 5.92 Å². The van der Waals surface area contributed by atoms with Gasteiger partial charge in [-0.3, -0.25) is 0 Å². The van der Waals surface area contributed by atoms with Gasteiger partial charge in [-0.15, -0.1) is 0 Å². The number of rotatable bonds is 1. The van der Waals surface area contributed by atoms with E-state index in [2.05, 4.69) is 47.7 Å². The van der Waals surface area contributed by atoms with Gasteiger partial charge in [-0.25, -0.2) is 4.98 Å². The number of imidazole rings is 1. The predicted octanol–water partition coefficient (Wildman–Crippen LogP) is 2.86. The number of hydrogen-bond donors (Lipinski definition) is 1. The Hall–Kier alpha value is -1.61. The van der Waals surface area contributed by atoms with E-state index in [1.807, 2.05) is 12.5 Å². The van der Waals surface area contributed by atoms with Crippen LogP contribution in [-0.4, -0.2) is 20.8 Å². The molecule has 1 aliphatic carbocycles. The van der Waals surface area contributed by atoms with Crippen LogP contribution in [0.25, 0.3) is 11.3 Å². The van der Waals surface area contributed by atoms with Gasteiger partial charge in [0.05, 0.1) is 30.4 Å². The third kappa shape index (κ3) is 1.34. The molecule has 3 heteroatoms. The molecule has 0 radical (unpaired) electrons. The Morgan fingerprint density at radius 2 is 2.11 bits per heavy atom. The van der Waals surface area contributed by atoms with Gasteiger partial charge in [0.2, 0.25) is 0 Å². The Morgan fingerprint density at radius 1 is 1.32 bits per heavy atom. The topological polar surface area (TPSA) is 38.0 Å². The summed E-state index contributed by atoms with van der Waals surface area (Å²) in [4.78, 5) is 4.28. The first-order valence-corrected chi connectivity index (χ1v) is 6.89. The van der Waals surface area contributed by atoms with Gasteiger partial charge in [0.25, 0.3) is 0 Å². The van der Waals surface area contributed by atoms with Gasteiger partial charge >= 0.3 is 0 Å². The molecule has 4 rings (SSSR count). The minimum Gasteiger partial charge on any atom is -0.392 e. The molecule has 0 saturated heterocycles. The SMILES string of the molecule is CC1(C)C[C@H]([C@@H]2c3ccccc3-c3cncn32)[C@@H]1O. The van der Waals surface area contributed by atoms with Crippen molar-refractivity contribution in [3.63, 3.8) is 0 Å². The second kappa shape index (κ2) is 3.48. The summed E-state index contributed by atoms with van der Waals surface area (Å²) >= 11 is 0. The van der Waals surface area contributed by atoms with Crippen molar-refractivity contribution in [2.24, 2.45) is 11.3 Å². The van der Waals surface area contributed by atoms with Gasteiger partial charge in [0, 0.05) is 11.5 Å². The average Bonchev–Trinajstić information content (AvgIpc) is 2.96. The molecule has 2 aromatic rings. The van der Waals surface area contributed by atoms with Gasteiger partial charge in [0.15, 0.2) is 0 Å². The van der Waals surface area contributed by atoms with Crippen LogP contribution in [0.3, 0.4) is 0 Å². The van der Waals surface area contributed by atoms with Crippen LogP contribution in [-0.2, 0) is 0 Å². The third-order valence-electron chi connectivity index (χ3n) is 4.89. The van der Waals surface area contributed by atoms with E-state index in [-0.39, 0.29) is 17.6 Å². The van der Waals surface area contributed by atoms with Crippen molar-refractivity contribution in [1.82, 2.24) is 9.55 Å². The summed E-state index contributed by atoms with van der Waals surface area (Å²) < 4.78 is 2.23. The molecule has 3 nitrogen and oxygen atoms in total. The van der Waals surface area contributed by atoms with Gasteiger partial charge in [-0.1, -0.05) is 38.1 Å². The van der Waals surface area contributed by atoms with E-state index in [1.165, 1.54) is 16.8 Å². The molecule has 0 amide bonds. The molecule has 1 fully saturated rings. The first kappa shape index (κ1) is 11.2. The van der Waals surface area contributed by atoms with Gasteiger partial charge in [0.1, 0.15) is 0 Å². The molecule has 0 unspecified atom stereocenters. The number of aliphatic hydroxyl groups is 1. The highest BCUT2D eigenvalue weighted by molar-refractivity contribution is 5.69. The monoisotopic (exact) mass is 254 g/mol. The van der Waals surface area contributed by atoms with Crippen LogP contribution >= 0.6 is 0 Å². The van der Waals surface area contributed by atoms with Crippen LogP contribution < -0.4 is 0 Å². The summed E-state index contributed by atoms with van der Waals surface area (Å²) in [6.07, 6.45) is 4.65. The normalized spacial score (nSPS) is 30.6. The average molecular weight is 254 g/mol. The van der Waals surface area contributed by atoms with Gasteiger partial charge in [-0.2, -0.15) is 0 Å². The van der Waals surface area contributed by atoms with Crippen molar-refractivity contribution < 1.29 is 5.11 Å². The zero-order chi connectivity index (χ0) is 13.2. The largest absolute Gasteiger partial charge is 0.392 e. The summed E-state index contributed by atoms with van der Waals surface area (Å²) in [6, 6.07) is 8.74. The summed E-state index contributed by atoms with van der Waals surface area (Å²) in [5.41, 5.74) is 3.82. The van der Waals surface area contributed by atoms with E-state index in [0.717, 1.165) is 6.42 Å². The first-order valence-electron chi connectivity index (χ1n) is 6.89. The number of fused-ring (bicyclic) bond motifs is 3. The van der Waals surface area contributed by atoms with Crippen molar-refractivity contribution >= 4 is 0 Å². The van der Waals surface area contributed by atoms with Gasteiger partial charge < -0.3 is 9.67 Å². The quantitative estimate of drug-likeness (QED) is 0.849. The lowest BCUT2D eigenvalue weighted by molar-refractivity contribution is -0.112. The zero-order valence-electron chi connectivity index (χ0n) is 11.2. The molecule has 1 saturated carbocycles. The molecule has 1 aromatic carbocycles. The second-order valence-electron chi connectivity index (χ2n) is 6.52. The summed E-state index contributed by atoms with van der Waals surface area (Å²) in [5, 5.41) is 10.5. The van der Waals surface area contributed by atoms with Gasteiger partial charge in [-0.05, 0) is 17.4 Å². The standard InChI is InChI=1S/C16H18N2O/c1-16(2)7-12(15(16)19)14-11-6-4-3-5-10(11)13-8-17-9-18(13)14/h3-6,8-9,12,14-15,19H,7H2,1-2H3/t12-,14+,15+/m1/s1. The molecule has 1 N–H and O–H groups in total. The molecule has 0 spiro atoms. The Labute approximate surface area is 112 Å². The summed E-state index contributed by atoms with van der Waals surface area (Å²) in [6.45, 7) is 4.29. The van der Waals surface area contributed by atoms with Crippen molar-refractivity contribution in [3.8, 4) is 11.3 Å². The highest BCUT2D eigenvalue weighted by atomic mass is 16.3. The van der Waals surface area contributed by atoms with E-state index >= 15 is 0 Å². The Morgan fingerprint density at radius 3 is 2.84 bits per heavy atom. The molecule has 2 aliphatic rings. The van der Waals surface area contributed by atoms with E-state index in [4.69, 9.17) is 0 Å². The Balaban J connectivity index is 1.82. The maximum Gasteiger partial charge on any atom is 0.0956 e. The number of benzene rings is 1. The summed E-state index contributed by atoms with van der Waals surface area (Å²) in [5.74, 6) is 0.298. The fraction of sp³-hybridized carbons (Fsp3) is 0.438. The van der Waals surface area contributed by atoms with E-state index in [1.54, 1.807) is 0 Å². The molecule has 2 heterocycles. The smallest absolute Gasteiger partial charge is 0.0956 e. The Kier molecular flexibility index (Phi) is 2.06. The van der Waals surface area contributed by atoms with Crippen LogP contribution in [0.4, 0.5) is 0 Å². The van der Waals surface area contributed by atoms with Crippen LogP contribution in [0.5, 0.6) is 0 Å². The molecule has 98 valence electrons. The molecule has 0 bridgehead atoms. The lowest BCUT2D eigenvalue weighted by atomic mass is 9.58. The predicted molar refractivity (Wildman–Crippen MR) is 73.7 cm³/mol. The molecular weight excluding hydrogens is 236 g/mol. The van der Waals surface area contributed by atoms with E-state index in [9.17, 15) is 5.11 Å². The van der Waals surface area contributed by atoms with Crippen molar-refractivity contribution in [1.29, 1.82) is 0 Å².